The summed E-state index contributed by atoms with van der Waals surface area (Å²) in [6.07, 6.45) is 0.521. The number of hydrogen-bond acceptors (Lipinski definition) is 3. The fourth-order valence-electron chi connectivity index (χ4n) is 2.12. The lowest BCUT2D eigenvalue weighted by molar-refractivity contribution is 0.0857. The SMILES string of the molecule is Oc1ccc(Cl)cc1C1=NOC(c2ccccc2)C1. The maximum atomic E-state index is 9.86. The summed E-state index contributed by atoms with van der Waals surface area (Å²) in [6.45, 7) is 0. The van der Waals surface area contributed by atoms with E-state index < -0.39 is 0 Å². The number of rotatable bonds is 2. The Hall–Kier alpha value is -2.00. The minimum Gasteiger partial charge on any atom is -0.507 e. The van der Waals surface area contributed by atoms with Gasteiger partial charge in [-0.25, -0.2) is 0 Å². The molecule has 0 saturated heterocycles. The molecule has 0 fully saturated rings. The summed E-state index contributed by atoms with van der Waals surface area (Å²) < 4.78 is 0. The lowest BCUT2D eigenvalue weighted by Crippen LogP contribution is -2.01. The van der Waals surface area contributed by atoms with Crippen molar-refractivity contribution in [2.45, 2.75) is 12.5 Å². The highest BCUT2D eigenvalue weighted by Crippen LogP contribution is 2.32. The molecule has 1 aliphatic heterocycles. The summed E-state index contributed by atoms with van der Waals surface area (Å²) in [5, 5.41) is 14.5. The van der Waals surface area contributed by atoms with Gasteiger partial charge in [-0.05, 0) is 23.8 Å². The summed E-state index contributed by atoms with van der Waals surface area (Å²) in [6, 6.07) is 14.8. The molecule has 1 heterocycles. The molecule has 1 atom stereocenters. The second kappa shape index (κ2) is 4.94. The number of nitrogens with zero attached hydrogens (tertiary/aromatic N) is 1. The van der Waals surface area contributed by atoms with Gasteiger partial charge in [-0.2, -0.15) is 0 Å². The van der Waals surface area contributed by atoms with E-state index in [1.807, 2.05) is 30.3 Å². The zero-order valence-electron chi connectivity index (χ0n) is 10.1. The van der Waals surface area contributed by atoms with E-state index in [0.29, 0.717) is 22.7 Å². The molecule has 4 heteroatoms. The van der Waals surface area contributed by atoms with Crippen molar-refractivity contribution in [3.05, 3.63) is 64.7 Å². The molecule has 2 aromatic carbocycles. The van der Waals surface area contributed by atoms with Crippen LogP contribution in [0.1, 0.15) is 23.7 Å². The quantitative estimate of drug-likeness (QED) is 0.901. The van der Waals surface area contributed by atoms with E-state index in [2.05, 4.69) is 5.16 Å². The number of phenols is 1. The number of phenolic OH excluding ortho intramolecular Hbond substituents is 1. The van der Waals surface area contributed by atoms with Gasteiger partial charge >= 0.3 is 0 Å². The Bertz CT molecular complexity index is 625. The van der Waals surface area contributed by atoms with Crippen molar-refractivity contribution in [3.8, 4) is 5.75 Å². The number of aromatic hydroxyl groups is 1. The molecule has 0 aromatic heterocycles. The van der Waals surface area contributed by atoms with Crippen LogP contribution in [0.5, 0.6) is 5.75 Å². The second-order valence-electron chi connectivity index (χ2n) is 4.41. The van der Waals surface area contributed by atoms with Crippen LogP contribution >= 0.6 is 11.6 Å². The summed E-state index contributed by atoms with van der Waals surface area (Å²) in [5.74, 6) is 0.167. The highest BCUT2D eigenvalue weighted by Gasteiger charge is 2.25. The van der Waals surface area contributed by atoms with Crippen molar-refractivity contribution >= 4 is 17.3 Å². The molecular weight excluding hydrogens is 262 g/mol. The first kappa shape index (κ1) is 12.1. The molecule has 19 heavy (non-hydrogen) atoms. The topological polar surface area (TPSA) is 41.8 Å². The number of oxime groups is 1. The van der Waals surface area contributed by atoms with Crippen LogP contribution in [0.15, 0.2) is 53.7 Å². The third kappa shape index (κ3) is 2.42. The molecule has 0 aliphatic carbocycles. The molecular formula is C15H12ClNO2. The minimum atomic E-state index is -0.102. The Kier molecular flexibility index (Phi) is 3.13. The van der Waals surface area contributed by atoms with Crippen molar-refractivity contribution in [1.29, 1.82) is 0 Å². The Morgan fingerprint density at radius 3 is 2.74 bits per heavy atom. The van der Waals surface area contributed by atoms with Crippen LogP contribution in [0, 0.1) is 0 Å². The van der Waals surface area contributed by atoms with E-state index in [1.165, 1.54) is 0 Å². The maximum absolute atomic E-state index is 9.86. The molecule has 1 N–H and O–H groups in total. The summed E-state index contributed by atoms with van der Waals surface area (Å²) in [7, 11) is 0. The normalized spacial score (nSPS) is 17.9. The fraction of sp³-hybridized carbons (Fsp3) is 0.133. The third-order valence-corrected chi connectivity index (χ3v) is 3.34. The van der Waals surface area contributed by atoms with Gasteiger partial charge in [-0.3, -0.25) is 0 Å². The first-order chi connectivity index (χ1) is 9.24. The minimum absolute atomic E-state index is 0.102. The first-order valence-corrected chi connectivity index (χ1v) is 6.38. The standard InChI is InChI=1S/C15H12ClNO2/c16-11-6-7-14(18)12(8-11)13-9-15(19-17-13)10-4-2-1-3-5-10/h1-8,15,18H,9H2. The molecule has 0 amide bonds. The summed E-state index contributed by atoms with van der Waals surface area (Å²) in [5.41, 5.74) is 2.42. The fourth-order valence-corrected chi connectivity index (χ4v) is 2.29. The molecule has 0 bridgehead atoms. The van der Waals surface area contributed by atoms with E-state index in [0.717, 1.165) is 5.56 Å². The van der Waals surface area contributed by atoms with Gasteiger partial charge in [0.05, 0.1) is 5.71 Å². The molecule has 96 valence electrons. The van der Waals surface area contributed by atoms with Crippen molar-refractivity contribution in [2.24, 2.45) is 5.16 Å². The molecule has 3 nitrogen and oxygen atoms in total. The number of hydrogen-bond donors (Lipinski definition) is 1. The molecule has 1 unspecified atom stereocenters. The number of benzene rings is 2. The molecule has 1 aliphatic rings. The Morgan fingerprint density at radius 2 is 1.95 bits per heavy atom. The van der Waals surface area contributed by atoms with Gasteiger partial charge in [0.25, 0.3) is 0 Å². The van der Waals surface area contributed by atoms with Crippen LogP contribution < -0.4 is 0 Å². The zero-order chi connectivity index (χ0) is 13.2. The largest absolute Gasteiger partial charge is 0.507 e. The highest BCUT2D eigenvalue weighted by molar-refractivity contribution is 6.31. The third-order valence-electron chi connectivity index (χ3n) is 3.11. The van der Waals surface area contributed by atoms with Crippen LogP contribution in [-0.2, 0) is 4.84 Å². The lowest BCUT2D eigenvalue weighted by Gasteiger charge is -2.08. The average molecular weight is 274 g/mol. The highest BCUT2D eigenvalue weighted by atomic mass is 35.5. The van der Waals surface area contributed by atoms with Crippen molar-refractivity contribution in [3.63, 3.8) is 0 Å². The predicted molar refractivity (Wildman–Crippen MR) is 74.5 cm³/mol. The molecule has 0 radical (unpaired) electrons. The van der Waals surface area contributed by atoms with E-state index in [1.54, 1.807) is 18.2 Å². The van der Waals surface area contributed by atoms with Crippen LogP contribution in [0.2, 0.25) is 5.02 Å². The Morgan fingerprint density at radius 1 is 1.16 bits per heavy atom. The van der Waals surface area contributed by atoms with E-state index in [9.17, 15) is 5.11 Å². The van der Waals surface area contributed by atoms with Crippen molar-refractivity contribution in [2.75, 3.05) is 0 Å². The summed E-state index contributed by atoms with van der Waals surface area (Å²) in [4.78, 5) is 5.43. The maximum Gasteiger partial charge on any atom is 0.158 e. The Balaban J connectivity index is 1.84. The monoisotopic (exact) mass is 273 g/mol. The average Bonchev–Trinajstić information content (AvgIpc) is 2.92. The lowest BCUT2D eigenvalue weighted by atomic mass is 10.00. The van der Waals surface area contributed by atoms with Gasteiger partial charge in [0.15, 0.2) is 6.10 Å². The molecule has 0 saturated carbocycles. The van der Waals surface area contributed by atoms with Gasteiger partial charge in [-0.1, -0.05) is 47.1 Å². The van der Waals surface area contributed by atoms with E-state index >= 15 is 0 Å². The van der Waals surface area contributed by atoms with Gasteiger partial charge in [0, 0.05) is 17.0 Å². The van der Waals surface area contributed by atoms with Gasteiger partial charge in [0.2, 0.25) is 0 Å². The van der Waals surface area contributed by atoms with Crippen LogP contribution in [-0.4, -0.2) is 10.8 Å². The van der Waals surface area contributed by atoms with E-state index in [4.69, 9.17) is 16.4 Å². The van der Waals surface area contributed by atoms with Crippen LogP contribution in [0.25, 0.3) is 0 Å². The molecule has 2 aromatic rings. The molecule has 3 rings (SSSR count). The van der Waals surface area contributed by atoms with Crippen molar-refractivity contribution < 1.29 is 9.94 Å². The zero-order valence-corrected chi connectivity index (χ0v) is 10.8. The smallest absolute Gasteiger partial charge is 0.158 e. The van der Waals surface area contributed by atoms with Gasteiger partial charge in [0.1, 0.15) is 5.75 Å². The van der Waals surface area contributed by atoms with Gasteiger partial charge in [-0.15, -0.1) is 0 Å². The Labute approximate surface area is 116 Å². The van der Waals surface area contributed by atoms with Crippen LogP contribution in [0.4, 0.5) is 0 Å². The molecule has 0 spiro atoms. The van der Waals surface area contributed by atoms with Gasteiger partial charge < -0.3 is 9.94 Å². The van der Waals surface area contributed by atoms with Crippen LogP contribution in [0.3, 0.4) is 0 Å². The second-order valence-corrected chi connectivity index (χ2v) is 4.84. The summed E-state index contributed by atoms with van der Waals surface area (Å²) >= 11 is 5.94. The predicted octanol–water partition coefficient (Wildman–Crippen LogP) is 3.91. The first-order valence-electron chi connectivity index (χ1n) is 6.00. The van der Waals surface area contributed by atoms with E-state index in [-0.39, 0.29) is 11.9 Å². The number of halogens is 1. The van der Waals surface area contributed by atoms with Crippen molar-refractivity contribution in [1.82, 2.24) is 0 Å².